The molecule has 110 valence electrons. The Hall–Kier alpha value is -0.0400. The quantitative estimate of drug-likeness (QED) is 0.325. The van der Waals surface area contributed by atoms with Crippen LogP contribution in [-0.4, -0.2) is 41.7 Å². The van der Waals surface area contributed by atoms with Gasteiger partial charge in [-0.15, -0.1) is 23.2 Å². The number of ether oxygens (including phenoxy) is 3. The highest BCUT2D eigenvalue weighted by atomic mass is 35.5. The normalized spacial score (nSPS) is 45.1. The summed E-state index contributed by atoms with van der Waals surface area (Å²) in [6.45, 7) is 0. The molecule has 0 amide bonds. The van der Waals surface area contributed by atoms with Crippen LogP contribution in [-0.2, 0) is 23.8 Å². The van der Waals surface area contributed by atoms with E-state index in [0.717, 1.165) is 0 Å². The zero-order valence-corrected chi connectivity index (χ0v) is 13.2. The maximum atomic E-state index is 12.0. The summed E-state index contributed by atoms with van der Waals surface area (Å²) in [4.78, 5) is 20.5. The van der Waals surface area contributed by atoms with Crippen molar-refractivity contribution in [2.24, 2.45) is 11.8 Å². The molecule has 3 rings (SSSR count). The first-order valence-electron chi connectivity index (χ1n) is 5.54. The maximum absolute atomic E-state index is 12.0. The lowest BCUT2D eigenvalue weighted by Gasteiger charge is -2.41. The predicted molar refractivity (Wildman–Crippen MR) is 70.7 cm³/mol. The third kappa shape index (κ3) is 1.12. The number of cyclic esters (lactones) is 2. The van der Waals surface area contributed by atoms with Crippen molar-refractivity contribution in [1.29, 1.82) is 0 Å². The van der Waals surface area contributed by atoms with E-state index in [2.05, 4.69) is 4.74 Å². The highest BCUT2D eigenvalue weighted by Crippen LogP contribution is 2.75. The third-order valence-corrected chi connectivity index (χ3v) is 6.87. The number of carbonyl (C=O) groups excluding carboxylic acids is 2. The molecule has 9 heteroatoms. The van der Waals surface area contributed by atoms with Crippen molar-refractivity contribution in [2.75, 3.05) is 14.2 Å². The molecule has 0 radical (unpaired) electrons. The van der Waals surface area contributed by atoms with E-state index in [9.17, 15) is 9.59 Å². The van der Waals surface area contributed by atoms with Gasteiger partial charge in [0.25, 0.3) is 0 Å². The smallest absolute Gasteiger partial charge is 0.319 e. The summed E-state index contributed by atoms with van der Waals surface area (Å²) in [6.07, 6.45) is 0. The van der Waals surface area contributed by atoms with Crippen LogP contribution in [0.3, 0.4) is 0 Å². The molecule has 2 bridgehead atoms. The Balaban J connectivity index is 2.37. The van der Waals surface area contributed by atoms with E-state index in [-0.39, 0.29) is 10.1 Å². The van der Waals surface area contributed by atoms with Gasteiger partial charge >= 0.3 is 11.9 Å². The minimum atomic E-state index is -1.75. The van der Waals surface area contributed by atoms with Crippen LogP contribution in [0, 0.1) is 11.8 Å². The summed E-state index contributed by atoms with van der Waals surface area (Å²) in [6, 6.07) is 0. The van der Waals surface area contributed by atoms with Gasteiger partial charge in [0.2, 0.25) is 5.79 Å². The van der Waals surface area contributed by atoms with Crippen LogP contribution in [0.2, 0.25) is 0 Å². The Morgan fingerprint density at radius 3 is 1.60 bits per heavy atom. The summed E-state index contributed by atoms with van der Waals surface area (Å²) in [5.41, 5.74) is 0. The molecule has 20 heavy (non-hydrogen) atoms. The highest BCUT2D eigenvalue weighted by Gasteiger charge is 2.89. The average Bonchev–Trinajstić information content (AvgIpc) is 2.85. The molecule has 1 saturated carbocycles. The van der Waals surface area contributed by atoms with E-state index >= 15 is 0 Å². The van der Waals surface area contributed by atoms with E-state index in [1.54, 1.807) is 0 Å². The van der Waals surface area contributed by atoms with Crippen LogP contribution < -0.4 is 0 Å². The molecule has 0 aromatic rings. The summed E-state index contributed by atoms with van der Waals surface area (Å²) in [5.74, 6) is -5.63. The number of fused-ring (bicyclic) bond motifs is 5. The van der Waals surface area contributed by atoms with E-state index in [1.807, 2.05) is 0 Å². The maximum Gasteiger partial charge on any atom is 0.319 e. The van der Waals surface area contributed by atoms with Crippen LogP contribution in [0.4, 0.5) is 0 Å². The largest absolute Gasteiger partial charge is 0.393 e. The molecule has 5 nitrogen and oxygen atoms in total. The molecule has 1 saturated heterocycles. The van der Waals surface area contributed by atoms with Crippen LogP contribution in [0.1, 0.15) is 0 Å². The van der Waals surface area contributed by atoms with Crippen molar-refractivity contribution in [3.8, 4) is 0 Å². The first-order chi connectivity index (χ1) is 9.24. The first kappa shape index (κ1) is 14.9. The Morgan fingerprint density at radius 2 is 1.30 bits per heavy atom. The summed E-state index contributed by atoms with van der Waals surface area (Å²) in [7, 11) is 2.57. The Bertz CT molecular complexity index is 527. The predicted octanol–water partition coefficient (Wildman–Crippen LogP) is 1.96. The zero-order chi connectivity index (χ0) is 15.1. The lowest BCUT2D eigenvalue weighted by Crippen LogP contribution is -2.58. The number of halogens is 4. The van der Waals surface area contributed by atoms with Gasteiger partial charge in [-0.2, -0.15) is 0 Å². The third-order valence-electron chi connectivity index (χ3n) is 4.26. The molecule has 0 N–H and O–H groups in total. The number of carbonyl (C=O) groups is 2. The molecule has 3 aliphatic rings. The fourth-order valence-electron chi connectivity index (χ4n) is 3.52. The number of hydrogen-bond acceptors (Lipinski definition) is 5. The van der Waals surface area contributed by atoms with Gasteiger partial charge in [0.05, 0.1) is 10.1 Å². The monoisotopic (exact) mass is 360 g/mol. The highest BCUT2D eigenvalue weighted by molar-refractivity contribution is 6.53. The molecule has 0 aromatic carbocycles. The van der Waals surface area contributed by atoms with Crippen LogP contribution >= 0.6 is 46.4 Å². The second-order valence-electron chi connectivity index (χ2n) is 4.77. The average molecular weight is 362 g/mol. The van der Waals surface area contributed by atoms with E-state index in [1.165, 1.54) is 14.2 Å². The second-order valence-corrected chi connectivity index (χ2v) is 6.72. The fourth-order valence-corrected chi connectivity index (χ4v) is 5.67. The van der Waals surface area contributed by atoms with Gasteiger partial charge in [-0.1, -0.05) is 23.2 Å². The van der Waals surface area contributed by atoms with Gasteiger partial charge in [0.15, 0.2) is 9.75 Å². The number of rotatable bonds is 2. The number of methoxy groups -OCH3 is 2. The van der Waals surface area contributed by atoms with Crippen molar-refractivity contribution in [2.45, 2.75) is 15.5 Å². The van der Waals surface area contributed by atoms with Gasteiger partial charge in [0, 0.05) is 14.2 Å². The number of esters is 2. The summed E-state index contributed by atoms with van der Waals surface area (Å²) < 4.78 is 15.3. The van der Waals surface area contributed by atoms with Crippen molar-refractivity contribution in [3.05, 3.63) is 10.1 Å². The van der Waals surface area contributed by atoms with Crippen LogP contribution in [0.5, 0.6) is 0 Å². The van der Waals surface area contributed by atoms with Gasteiger partial charge < -0.3 is 14.2 Å². The molecule has 1 aliphatic heterocycles. The molecule has 2 fully saturated rings. The molecule has 4 atom stereocenters. The van der Waals surface area contributed by atoms with E-state index in [0.29, 0.717) is 0 Å². The fraction of sp³-hybridized carbons (Fsp3) is 0.636. The van der Waals surface area contributed by atoms with Gasteiger partial charge in [-0.25, -0.2) is 0 Å². The minimum absolute atomic E-state index is 0.0765. The van der Waals surface area contributed by atoms with Crippen molar-refractivity contribution < 1.29 is 23.8 Å². The molecule has 1 heterocycles. The van der Waals surface area contributed by atoms with Crippen LogP contribution in [0.25, 0.3) is 0 Å². The summed E-state index contributed by atoms with van der Waals surface area (Å²) in [5, 5.41) is -0.153. The molecular formula is C11H8Cl4O5. The Kier molecular flexibility index (Phi) is 3.00. The van der Waals surface area contributed by atoms with Gasteiger partial charge in [-0.3, -0.25) is 9.59 Å². The summed E-state index contributed by atoms with van der Waals surface area (Å²) >= 11 is 25.4. The minimum Gasteiger partial charge on any atom is -0.393 e. The standard InChI is InChI=1S/C11H8Cl4O5/c1-18-11(19-2)9(14)3-4(8(17)20-7(3)16)10(11,15)6(13)5(9)12/h3-4H,1-2H3/t3-,4-,9+,10+/m1/s1. The Labute approximate surface area is 134 Å². The molecule has 0 spiro atoms. The topological polar surface area (TPSA) is 61.8 Å². The van der Waals surface area contributed by atoms with Crippen molar-refractivity contribution >= 4 is 58.3 Å². The van der Waals surface area contributed by atoms with Crippen molar-refractivity contribution in [3.63, 3.8) is 0 Å². The number of hydrogen-bond donors (Lipinski definition) is 0. The van der Waals surface area contributed by atoms with Crippen LogP contribution in [0.15, 0.2) is 10.1 Å². The second kappa shape index (κ2) is 4.03. The van der Waals surface area contributed by atoms with Gasteiger partial charge in [-0.05, 0) is 0 Å². The molecular weight excluding hydrogens is 354 g/mol. The zero-order valence-electron chi connectivity index (χ0n) is 10.2. The first-order valence-corrected chi connectivity index (χ1v) is 7.05. The lowest BCUT2D eigenvalue weighted by atomic mass is 9.84. The Morgan fingerprint density at radius 1 is 0.950 bits per heavy atom. The molecule has 2 aliphatic carbocycles. The lowest BCUT2D eigenvalue weighted by molar-refractivity contribution is -0.223. The molecule has 0 aromatic heterocycles. The van der Waals surface area contributed by atoms with E-state index < -0.39 is 39.3 Å². The van der Waals surface area contributed by atoms with Crippen molar-refractivity contribution in [1.82, 2.24) is 0 Å². The van der Waals surface area contributed by atoms with Gasteiger partial charge in [0.1, 0.15) is 11.8 Å². The number of alkyl halides is 2. The molecule has 0 unspecified atom stereocenters. The SMILES string of the molecule is COC1(OC)[C@@]2(Cl)C(Cl)=C(Cl)[C@@]1(Cl)[C@H]1C(=O)OC(=O)[C@@H]12. The van der Waals surface area contributed by atoms with E-state index in [4.69, 9.17) is 55.9 Å².